The molecule has 0 radical (unpaired) electrons. The van der Waals surface area contributed by atoms with E-state index in [4.69, 9.17) is 4.74 Å². The van der Waals surface area contributed by atoms with E-state index in [-0.39, 0.29) is 5.60 Å². The Bertz CT molecular complexity index is 219. The highest BCUT2D eigenvalue weighted by atomic mass is 16.5. The second-order valence-electron chi connectivity index (χ2n) is 5.69. The van der Waals surface area contributed by atoms with Gasteiger partial charge in [-0.2, -0.15) is 0 Å². The molecule has 0 spiro atoms. The quantitative estimate of drug-likeness (QED) is 0.608. The maximum Gasteiger partial charge on any atom is 0.109 e. The lowest BCUT2D eigenvalue weighted by molar-refractivity contribution is -0.130. The first-order valence-corrected chi connectivity index (χ1v) is 6.09. The van der Waals surface area contributed by atoms with Crippen molar-refractivity contribution in [1.29, 1.82) is 0 Å². The molecule has 0 aromatic carbocycles. The summed E-state index contributed by atoms with van der Waals surface area (Å²) in [5.74, 6) is 2.98. The monoisotopic (exact) mass is 192 g/mol. The minimum absolute atomic E-state index is 0.265. The van der Waals surface area contributed by atoms with Crippen LogP contribution >= 0.6 is 0 Å². The predicted molar refractivity (Wildman–Crippen MR) is 56.8 cm³/mol. The lowest BCUT2D eigenvalue weighted by Crippen LogP contribution is -2.51. The van der Waals surface area contributed by atoms with Crippen LogP contribution in [0, 0.1) is 17.8 Å². The largest absolute Gasteiger partial charge is 0.495 e. The molecule has 4 aliphatic rings. The van der Waals surface area contributed by atoms with Crippen LogP contribution in [-0.4, -0.2) is 5.60 Å². The second-order valence-corrected chi connectivity index (χ2v) is 5.69. The number of hydrogen-bond donors (Lipinski definition) is 0. The van der Waals surface area contributed by atoms with Crippen molar-refractivity contribution in [2.45, 2.75) is 51.0 Å². The van der Waals surface area contributed by atoms with Crippen LogP contribution in [0.2, 0.25) is 0 Å². The van der Waals surface area contributed by atoms with Gasteiger partial charge in [-0.05, 0) is 63.2 Å². The Hall–Kier alpha value is -0.460. The molecule has 0 aromatic rings. The first-order valence-electron chi connectivity index (χ1n) is 6.09. The topological polar surface area (TPSA) is 9.23 Å². The SMILES string of the molecule is C/C=C\OC12CC3CC(CC(C3)C1)C2. The molecule has 0 unspecified atom stereocenters. The van der Waals surface area contributed by atoms with Crippen molar-refractivity contribution in [3.05, 3.63) is 12.3 Å². The van der Waals surface area contributed by atoms with Gasteiger partial charge in [0.15, 0.2) is 0 Å². The summed E-state index contributed by atoms with van der Waals surface area (Å²) in [6.45, 7) is 2.04. The van der Waals surface area contributed by atoms with Crippen molar-refractivity contribution < 1.29 is 4.74 Å². The summed E-state index contributed by atoms with van der Waals surface area (Å²) in [5, 5.41) is 0. The summed E-state index contributed by atoms with van der Waals surface area (Å²) < 4.78 is 6.01. The zero-order valence-corrected chi connectivity index (χ0v) is 9.04. The van der Waals surface area contributed by atoms with Crippen molar-refractivity contribution in [1.82, 2.24) is 0 Å². The second kappa shape index (κ2) is 3.01. The van der Waals surface area contributed by atoms with Gasteiger partial charge in [0, 0.05) is 0 Å². The van der Waals surface area contributed by atoms with Gasteiger partial charge in [0.2, 0.25) is 0 Å². The van der Waals surface area contributed by atoms with Crippen LogP contribution in [0.1, 0.15) is 45.4 Å². The third-order valence-corrected chi connectivity index (χ3v) is 4.44. The molecule has 14 heavy (non-hydrogen) atoms. The molecular weight excluding hydrogens is 172 g/mol. The average Bonchev–Trinajstić information content (AvgIpc) is 2.12. The number of ether oxygens (including phenoxy) is 1. The van der Waals surface area contributed by atoms with E-state index in [9.17, 15) is 0 Å². The molecule has 0 amide bonds. The maximum absolute atomic E-state index is 6.01. The van der Waals surface area contributed by atoms with Crippen molar-refractivity contribution in [2.75, 3.05) is 0 Å². The zero-order chi connectivity index (χ0) is 9.60. The van der Waals surface area contributed by atoms with Crippen LogP contribution < -0.4 is 0 Å². The highest BCUT2D eigenvalue weighted by Gasteiger charge is 2.51. The fourth-order valence-corrected chi connectivity index (χ4v) is 4.39. The van der Waals surface area contributed by atoms with Gasteiger partial charge >= 0.3 is 0 Å². The molecule has 0 aliphatic heterocycles. The molecule has 4 rings (SSSR count). The van der Waals surface area contributed by atoms with E-state index in [1.807, 2.05) is 19.3 Å². The Labute approximate surface area is 86.5 Å². The van der Waals surface area contributed by atoms with Gasteiger partial charge < -0.3 is 4.74 Å². The van der Waals surface area contributed by atoms with Crippen molar-refractivity contribution in [2.24, 2.45) is 17.8 Å². The average molecular weight is 192 g/mol. The molecule has 4 bridgehead atoms. The summed E-state index contributed by atoms with van der Waals surface area (Å²) >= 11 is 0. The third-order valence-electron chi connectivity index (χ3n) is 4.44. The van der Waals surface area contributed by atoms with Crippen molar-refractivity contribution in [3.8, 4) is 0 Å². The lowest BCUT2D eigenvalue weighted by Gasteiger charge is -2.55. The van der Waals surface area contributed by atoms with E-state index in [0.717, 1.165) is 17.8 Å². The minimum atomic E-state index is 0.265. The summed E-state index contributed by atoms with van der Waals surface area (Å²) in [7, 11) is 0. The first kappa shape index (κ1) is 8.82. The molecule has 0 N–H and O–H groups in total. The molecule has 0 saturated heterocycles. The minimum Gasteiger partial charge on any atom is -0.495 e. The van der Waals surface area contributed by atoms with Gasteiger partial charge in [0.05, 0.1) is 6.26 Å². The van der Waals surface area contributed by atoms with Gasteiger partial charge in [0.1, 0.15) is 5.60 Å². The Morgan fingerprint density at radius 3 is 1.93 bits per heavy atom. The first-order chi connectivity index (χ1) is 6.80. The Balaban J connectivity index is 1.80. The molecule has 4 saturated carbocycles. The van der Waals surface area contributed by atoms with Crippen LogP contribution in [0.5, 0.6) is 0 Å². The van der Waals surface area contributed by atoms with Crippen LogP contribution in [-0.2, 0) is 4.74 Å². The van der Waals surface area contributed by atoms with Crippen LogP contribution in [0.25, 0.3) is 0 Å². The highest BCUT2D eigenvalue weighted by Crippen LogP contribution is 2.57. The smallest absolute Gasteiger partial charge is 0.109 e. The highest BCUT2D eigenvalue weighted by molar-refractivity contribution is 5.03. The summed E-state index contributed by atoms with van der Waals surface area (Å²) in [4.78, 5) is 0. The van der Waals surface area contributed by atoms with E-state index in [1.54, 1.807) is 0 Å². The van der Waals surface area contributed by atoms with Crippen molar-refractivity contribution in [3.63, 3.8) is 0 Å². The van der Waals surface area contributed by atoms with Crippen molar-refractivity contribution >= 4 is 0 Å². The Morgan fingerprint density at radius 2 is 1.50 bits per heavy atom. The van der Waals surface area contributed by atoms with E-state index in [0.29, 0.717) is 0 Å². The summed E-state index contributed by atoms with van der Waals surface area (Å²) in [5.41, 5.74) is 0.265. The summed E-state index contributed by atoms with van der Waals surface area (Å²) in [6, 6.07) is 0. The molecule has 78 valence electrons. The standard InChI is InChI=1S/C13H20O/c1-2-3-14-13-7-10-4-11(8-13)6-12(5-10)9-13/h2-3,10-12H,4-9H2,1H3/b3-2-. The molecule has 1 nitrogen and oxygen atoms in total. The lowest BCUT2D eigenvalue weighted by atomic mass is 9.54. The van der Waals surface area contributed by atoms with Crippen LogP contribution in [0.4, 0.5) is 0 Å². The van der Waals surface area contributed by atoms with Crippen LogP contribution in [0.3, 0.4) is 0 Å². The summed E-state index contributed by atoms with van der Waals surface area (Å²) in [6.07, 6.45) is 12.5. The Kier molecular flexibility index (Phi) is 1.90. The van der Waals surface area contributed by atoms with Crippen LogP contribution in [0.15, 0.2) is 12.3 Å². The fraction of sp³-hybridized carbons (Fsp3) is 0.846. The molecule has 0 heterocycles. The molecule has 0 aromatic heterocycles. The maximum atomic E-state index is 6.01. The third kappa shape index (κ3) is 1.29. The van der Waals surface area contributed by atoms with E-state index < -0.39 is 0 Å². The fourth-order valence-electron chi connectivity index (χ4n) is 4.39. The molecule has 1 heteroatoms. The molecular formula is C13H20O. The number of rotatable bonds is 2. The molecule has 4 fully saturated rings. The van der Waals surface area contributed by atoms with Gasteiger partial charge in [0.25, 0.3) is 0 Å². The molecule has 4 aliphatic carbocycles. The van der Waals surface area contributed by atoms with E-state index >= 15 is 0 Å². The van der Waals surface area contributed by atoms with E-state index in [2.05, 4.69) is 0 Å². The molecule has 0 atom stereocenters. The number of allylic oxidation sites excluding steroid dienone is 1. The van der Waals surface area contributed by atoms with Gasteiger partial charge in [-0.25, -0.2) is 0 Å². The Morgan fingerprint density at radius 1 is 1.00 bits per heavy atom. The predicted octanol–water partition coefficient (Wildman–Crippen LogP) is 3.51. The normalized spacial score (nSPS) is 50.2. The van der Waals surface area contributed by atoms with Gasteiger partial charge in [-0.3, -0.25) is 0 Å². The van der Waals surface area contributed by atoms with Gasteiger partial charge in [-0.1, -0.05) is 6.08 Å². The number of hydrogen-bond acceptors (Lipinski definition) is 1. The zero-order valence-electron chi connectivity index (χ0n) is 9.04. The van der Waals surface area contributed by atoms with E-state index in [1.165, 1.54) is 38.5 Å². The van der Waals surface area contributed by atoms with Gasteiger partial charge in [-0.15, -0.1) is 0 Å².